The van der Waals surface area contributed by atoms with Gasteiger partial charge in [0.15, 0.2) is 0 Å². The monoisotopic (exact) mass is 207 g/mol. The molecule has 2 atom stereocenters. The average Bonchev–Trinajstić information content (AvgIpc) is 2.18. The first-order valence-corrected chi connectivity index (χ1v) is 6.04. The summed E-state index contributed by atoms with van der Waals surface area (Å²) in [5.74, 6) is 0. The summed E-state index contributed by atoms with van der Waals surface area (Å²) in [6, 6.07) is 0. The third kappa shape index (κ3) is 3.83. The van der Waals surface area contributed by atoms with Gasteiger partial charge < -0.3 is 5.11 Å². The summed E-state index contributed by atoms with van der Waals surface area (Å²) in [6.07, 6.45) is 3.74. The first-order valence-electron chi connectivity index (χ1n) is 4.75. The maximum atomic E-state index is 12.0. The number of piperidine rings is 1. The molecule has 1 aliphatic rings. The van der Waals surface area contributed by atoms with Crippen LogP contribution < -0.4 is 0 Å². The number of thioether (sulfide) groups is 1. The Kier molecular flexibility index (Phi) is 5.06. The lowest BCUT2D eigenvalue weighted by molar-refractivity contribution is 0.0823. The molecule has 1 fully saturated rings. The first kappa shape index (κ1) is 11.3. The van der Waals surface area contributed by atoms with Crippen molar-refractivity contribution >= 4 is 11.8 Å². The lowest BCUT2D eigenvalue weighted by atomic mass is 10.1. The van der Waals surface area contributed by atoms with E-state index < -0.39 is 12.8 Å². The Morgan fingerprint density at radius 3 is 3.08 bits per heavy atom. The normalized spacial score (nSPS) is 27.5. The zero-order valence-electron chi connectivity index (χ0n) is 8.08. The Morgan fingerprint density at radius 2 is 2.46 bits per heavy atom. The molecule has 2 nitrogen and oxygen atoms in total. The molecule has 1 aliphatic heterocycles. The Bertz CT molecular complexity index is 146. The first-order chi connectivity index (χ1) is 6.26. The molecule has 0 spiro atoms. The van der Waals surface area contributed by atoms with Crippen molar-refractivity contribution in [2.24, 2.45) is 0 Å². The van der Waals surface area contributed by atoms with Gasteiger partial charge in [-0.25, -0.2) is 4.39 Å². The fourth-order valence-corrected chi connectivity index (χ4v) is 2.48. The second kappa shape index (κ2) is 5.83. The van der Waals surface area contributed by atoms with E-state index in [0.717, 1.165) is 13.1 Å². The number of aliphatic hydroxyl groups excluding tert-OH is 1. The smallest absolute Gasteiger partial charge is 0.117 e. The number of β-amino-alcohol motifs (C(OH)–C–C–N with tert-alkyl or cyclic N) is 1. The lowest BCUT2D eigenvalue weighted by Gasteiger charge is -2.32. The van der Waals surface area contributed by atoms with Gasteiger partial charge in [-0.15, -0.1) is 0 Å². The standard InChI is InChI=1S/C9H18FNOS/c1-13-9-3-2-4-11(7-9)6-8(12)5-10/h8-9,12H,2-7H2,1H3. The van der Waals surface area contributed by atoms with Gasteiger partial charge in [-0.1, -0.05) is 0 Å². The van der Waals surface area contributed by atoms with Crippen LogP contribution in [0.3, 0.4) is 0 Å². The van der Waals surface area contributed by atoms with Crippen molar-refractivity contribution in [3.63, 3.8) is 0 Å². The second-order valence-electron chi connectivity index (χ2n) is 3.57. The molecule has 0 aromatic heterocycles. The second-order valence-corrected chi connectivity index (χ2v) is 4.71. The summed E-state index contributed by atoms with van der Waals surface area (Å²) in [5, 5.41) is 9.81. The molecule has 13 heavy (non-hydrogen) atoms. The number of alkyl halides is 1. The van der Waals surface area contributed by atoms with Crippen molar-refractivity contribution in [1.29, 1.82) is 0 Å². The topological polar surface area (TPSA) is 23.5 Å². The predicted octanol–water partition coefficient (Wildman–Crippen LogP) is 1.14. The third-order valence-electron chi connectivity index (χ3n) is 2.44. The van der Waals surface area contributed by atoms with Crippen molar-refractivity contribution in [2.45, 2.75) is 24.2 Å². The van der Waals surface area contributed by atoms with E-state index in [9.17, 15) is 4.39 Å². The molecule has 0 aromatic rings. The van der Waals surface area contributed by atoms with Crippen LogP contribution in [-0.4, -0.2) is 53.9 Å². The van der Waals surface area contributed by atoms with Gasteiger partial charge in [-0.2, -0.15) is 11.8 Å². The summed E-state index contributed by atoms with van der Waals surface area (Å²) in [6.45, 7) is 1.88. The number of rotatable bonds is 4. The van der Waals surface area contributed by atoms with Gasteiger partial charge in [0.05, 0.1) is 6.10 Å². The predicted molar refractivity (Wildman–Crippen MR) is 55.0 cm³/mol. The van der Waals surface area contributed by atoms with Gasteiger partial charge in [-0.05, 0) is 25.6 Å². The highest BCUT2D eigenvalue weighted by molar-refractivity contribution is 7.99. The molecule has 0 aliphatic carbocycles. The van der Waals surface area contributed by atoms with E-state index in [0.29, 0.717) is 11.8 Å². The van der Waals surface area contributed by atoms with Crippen LogP contribution in [-0.2, 0) is 0 Å². The van der Waals surface area contributed by atoms with E-state index in [2.05, 4.69) is 11.2 Å². The van der Waals surface area contributed by atoms with E-state index in [1.165, 1.54) is 12.8 Å². The fourth-order valence-electron chi connectivity index (χ4n) is 1.72. The number of likely N-dealkylation sites (tertiary alicyclic amines) is 1. The van der Waals surface area contributed by atoms with Crippen LogP contribution in [0.25, 0.3) is 0 Å². The van der Waals surface area contributed by atoms with Crippen molar-refractivity contribution in [3.8, 4) is 0 Å². The van der Waals surface area contributed by atoms with E-state index in [1.54, 1.807) is 0 Å². The Morgan fingerprint density at radius 1 is 1.69 bits per heavy atom. The molecule has 1 rings (SSSR count). The number of aliphatic hydroxyl groups is 1. The maximum Gasteiger partial charge on any atom is 0.117 e. The van der Waals surface area contributed by atoms with E-state index in [4.69, 9.17) is 5.11 Å². The van der Waals surface area contributed by atoms with E-state index in [-0.39, 0.29) is 0 Å². The van der Waals surface area contributed by atoms with Crippen LogP contribution in [0.15, 0.2) is 0 Å². The Balaban J connectivity index is 2.25. The Hall–Kier alpha value is 0.200. The highest BCUT2D eigenvalue weighted by Crippen LogP contribution is 2.20. The van der Waals surface area contributed by atoms with Crippen LogP contribution in [0, 0.1) is 0 Å². The maximum absolute atomic E-state index is 12.0. The number of hydrogen-bond donors (Lipinski definition) is 1. The molecule has 1 saturated heterocycles. The van der Waals surface area contributed by atoms with Gasteiger partial charge in [0.2, 0.25) is 0 Å². The summed E-state index contributed by atoms with van der Waals surface area (Å²) >= 11 is 1.87. The van der Waals surface area contributed by atoms with Gasteiger partial charge in [0.25, 0.3) is 0 Å². The van der Waals surface area contributed by atoms with Gasteiger partial charge in [-0.3, -0.25) is 4.90 Å². The molecule has 1 heterocycles. The van der Waals surface area contributed by atoms with Gasteiger partial charge >= 0.3 is 0 Å². The van der Waals surface area contributed by atoms with Crippen LogP contribution in [0.5, 0.6) is 0 Å². The van der Waals surface area contributed by atoms with Crippen LogP contribution in [0.1, 0.15) is 12.8 Å². The van der Waals surface area contributed by atoms with Crippen molar-refractivity contribution in [1.82, 2.24) is 4.90 Å². The molecular weight excluding hydrogens is 189 g/mol. The van der Waals surface area contributed by atoms with Crippen molar-refractivity contribution < 1.29 is 9.50 Å². The van der Waals surface area contributed by atoms with E-state index in [1.807, 2.05) is 11.8 Å². The summed E-state index contributed by atoms with van der Waals surface area (Å²) < 4.78 is 12.0. The largest absolute Gasteiger partial charge is 0.389 e. The molecule has 0 bridgehead atoms. The minimum atomic E-state index is -0.791. The van der Waals surface area contributed by atoms with Crippen LogP contribution >= 0.6 is 11.8 Å². The number of halogens is 1. The van der Waals surface area contributed by atoms with Crippen molar-refractivity contribution in [2.75, 3.05) is 32.6 Å². The molecular formula is C9H18FNOS. The highest BCUT2D eigenvalue weighted by Gasteiger charge is 2.20. The van der Waals surface area contributed by atoms with Crippen LogP contribution in [0.2, 0.25) is 0 Å². The molecule has 0 aromatic carbocycles. The summed E-state index contributed by atoms with van der Waals surface area (Å²) in [4.78, 5) is 2.16. The minimum absolute atomic E-state index is 0.494. The number of hydrogen-bond acceptors (Lipinski definition) is 3. The van der Waals surface area contributed by atoms with E-state index >= 15 is 0 Å². The van der Waals surface area contributed by atoms with Gasteiger partial charge in [0.1, 0.15) is 6.67 Å². The van der Waals surface area contributed by atoms with Gasteiger partial charge in [0, 0.05) is 18.3 Å². The molecule has 0 radical (unpaired) electrons. The molecule has 0 saturated carbocycles. The lowest BCUT2D eigenvalue weighted by Crippen LogP contribution is -2.41. The molecule has 2 unspecified atom stereocenters. The van der Waals surface area contributed by atoms with Crippen LogP contribution in [0.4, 0.5) is 4.39 Å². The molecule has 4 heteroatoms. The summed E-state index contributed by atoms with van der Waals surface area (Å²) in [5.41, 5.74) is 0. The average molecular weight is 207 g/mol. The number of nitrogens with zero attached hydrogens (tertiary/aromatic N) is 1. The SMILES string of the molecule is CSC1CCCN(CC(O)CF)C1. The van der Waals surface area contributed by atoms with Crippen molar-refractivity contribution in [3.05, 3.63) is 0 Å². The zero-order valence-corrected chi connectivity index (χ0v) is 8.89. The molecule has 0 amide bonds. The quantitative estimate of drug-likeness (QED) is 0.748. The fraction of sp³-hybridized carbons (Fsp3) is 1.00. The highest BCUT2D eigenvalue weighted by atomic mass is 32.2. The molecule has 1 N–H and O–H groups in total. The Labute approximate surface area is 83.5 Å². The zero-order chi connectivity index (χ0) is 9.68. The minimum Gasteiger partial charge on any atom is -0.389 e. The molecule has 78 valence electrons. The summed E-state index contributed by atoms with van der Waals surface area (Å²) in [7, 11) is 0. The third-order valence-corrected chi connectivity index (χ3v) is 3.49.